The standard InChI is InChI=1S/C21H25NO5/c1-12(2)19-9-16(13(3)27-19)20(23)22-10-17(18(11-22)21(24)25)14-6-5-7-15(8-14)26-4/h5-9,12,17-18H,10-11H2,1-4H3,(H,24,25)/t17-,18+/m0/s1. The lowest BCUT2D eigenvalue weighted by Crippen LogP contribution is -2.30. The molecular weight excluding hydrogens is 346 g/mol. The van der Waals surface area contributed by atoms with Crippen LogP contribution in [0.1, 0.15) is 53.1 Å². The second kappa shape index (κ2) is 7.47. The van der Waals surface area contributed by atoms with E-state index in [-0.39, 0.29) is 24.3 Å². The van der Waals surface area contributed by atoms with Crippen LogP contribution in [0.3, 0.4) is 0 Å². The van der Waals surface area contributed by atoms with E-state index in [1.807, 2.05) is 38.1 Å². The van der Waals surface area contributed by atoms with Gasteiger partial charge in [0, 0.05) is 24.9 Å². The minimum atomic E-state index is -0.898. The molecule has 1 saturated heterocycles. The predicted molar refractivity (Wildman–Crippen MR) is 100 cm³/mol. The maximum atomic E-state index is 13.0. The van der Waals surface area contributed by atoms with Crippen LogP contribution in [-0.2, 0) is 4.79 Å². The highest BCUT2D eigenvalue weighted by atomic mass is 16.5. The number of amides is 1. The second-order valence-electron chi connectivity index (χ2n) is 7.31. The Morgan fingerprint density at radius 1 is 1.26 bits per heavy atom. The van der Waals surface area contributed by atoms with Crippen LogP contribution in [0.25, 0.3) is 0 Å². The van der Waals surface area contributed by atoms with Crippen LogP contribution in [0.2, 0.25) is 0 Å². The van der Waals surface area contributed by atoms with Crippen molar-refractivity contribution in [2.75, 3.05) is 20.2 Å². The first-order valence-electron chi connectivity index (χ1n) is 9.08. The van der Waals surface area contributed by atoms with Crippen molar-refractivity contribution in [3.05, 3.63) is 53.0 Å². The summed E-state index contributed by atoms with van der Waals surface area (Å²) in [6, 6.07) is 9.16. The largest absolute Gasteiger partial charge is 0.497 e. The van der Waals surface area contributed by atoms with E-state index in [0.717, 1.165) is 11.3 Å². The SMILES string of the molecule is COc1cccc([C@@H]2CN(C(=O)c3cc(C(C)C)oc3C)C[C@H]2C(=O)O)c1. The number of furan rings is 1. The van der Waals surface area contributed by atoms with Gasteiger partial charge in [0.25, 0.3) is 5.91 Å². The zero-order valence-corrected chi connectivity index (χ0v) is 16.1. The Kier molecular flexibility index (Phi) is 5.26. The van der Waals surface area contributed by atoms with Gasteiger partial charge in [0.05, 0.1) is 18.6 Å². The minimum Gasteiger partial charge on any atom is -0.497 e. The Morgan fingerprint density at radius 2 is 2.00 bits per heavy atom. The van der Waals surface area contributed by atoms with Crippen LogP contribution in [-0.4, -0.2) is 42.1 Å². The second-order valence-corrected chi connectivity index (χ2v) is 7.31. The molecule has 144 valence electrons. The number of aryl methyl sites for hydroxylation is 1. The van der Waals surface area contributed by atoms with Gasteiger partial charge in [0.2, 0.25) is 0 Å². The van der Waals surface area contributed by atoms with Crippen molar-refractivity contribution in [3.63, 3.8) is 0 Å². The van der Waals surface area contributed by atoms with Gasteiger partial charge >= 0.3 is 5.97 Å². The Morgan fingerprint density at radius 3 is 2.59 bits per heavy atom. The van der Waals surface area contributed by atoms with Crippen molar-refractivity contribution in [1.82, 2.24) is 4.90 Å². The van der Waals surface area contributed by atoms with Crippen molar-refractivity contribution >= 4 is 11.9 Å². The fourth-order valence-electron chi connectivity index (χ4n) is 3.60. The molecule has 27 heavy (non-hydrogen) atoms. The lowest BCUT2D eigenvalue weighted by atomic mass is 9.89. The Hall–Kier alpha value is -2.76. The third kappa shape index (κ3) is 3.70. The molecule has 0 spiro atoms. The zero-order chi connectivity index (χ0) is 19.7. The number of carbonyl (C=O) groups excluding carboxylic acids is 1. The van der Waals surface area contributed by atoms with Gasteiger partial charge in [0.15, 0.2) is 0 Å². The van der Waals surface area contributed by atoms with Crippen molar-refractivity contribution in [2.24, 2.45) is 5.92 Å². The summed E-state index contributed by atoms with van der Waals surface area (Å²) < 4.78 is 10.9. The molecule has 1 fully saturated rings. The Balaban J connectivity index is 1.88. The molecule has 0 bridgehead atoms. The molecule has 1 aliphatic heterocycles. The van der Waals surface area contributed by atoms with Gasteiger partial charge in [-0.15, -0.1) is 0 Å². The lowest BCUT2D eigenvalue weighted by Gasteiger charge is -2.16. The number of hydrogen-bond donors (Lipinski definition) is 1. The first-order valence-corrected chi connectivity index (χ1v) is 9.08. The average Bonchev–Trinajstić information content (AvgIpc) is 3.25. The number of hydrogen-bond acceptors (Lipinski definition) is 4. The summed E-state index contributed by atoms with van der Waals surface area (Å²) >= 11 is 0. The number of methoxy groups -OCH3 is 1. The van der Waals surface area contributed by atoms with Crippen LogP contribution in [0.4, 0.5) is 0 Å². The highest BCUT2D eigenvalue weighted by Crippen LogP contribution is 2.35. The molecule has 3 rings (SSSR count). The van der Waals surface area contributed by atoms with Gasteiger partial charge in [-0.1, -0.05) is 26.0 Å². The Bertz CT molecular complexity index is 854. The van der Waals surface area contributed by atoms with Crippen LogP contribution in [0.15, 0.2) is 34.7 Å². The fraction of sp³-hybridized carbons (Fsp3) is 0.429. The molecule has 2 heterocycles. The van der Waals surface area contributed by atoms with Crippen LogP contribution >= 0.6 is 0 Å². The van der Waals surface area contributed by atoms with Gasteiger partial charge in [-0.2, -0.15) is 0 Å². The van der Waals surface area contributed by atoms with E-state index >= 15 is 0 Å². The van der Waals surface area contributed by atoms with E-state index in [1.54, 1.807) is 25.0 Å². The van der Waals surface area contributed by atoms with Crippen LogP contribution in [0, 0.1) is 12.8 Å². The summed E-state index contributed by atoms with van der Waals surface area (Å²) in [5.74, 6) is 0.171. The van der Waals surface area contributed by atoms with Crippen molar-refractivity contribution in [3.8, 4) is 5.75 Å². The number of carboxylic acids is 1. The van der Waals surface area contributed by atoms with E-state index < -0.39 is 11.9 Å². The number of nitrogens with zero attached hydrogens (tertiary/aromatic N) is 1. The van der Waals surface area contributed by atoms with E-state index in [4.69, 9.17) is 9.15 Å². The normalized spacial score (nSPS) is 19.5. The van der Waals surface area contributed by atoms with Gasteiger partial charge in [-0.25, -0.2) is 0 Å². The molecule has 2 aromatic rings. The lowest BCUT2D eigenvalue weighted by molar-refractivity contribution is -0.141. The van der Waals surface area contributed by atoms with Crippen molar-refractivity contribution < 1.29 is 23.8 Å². The molecule has 0 aliphatic carbocycles. The predicted octanol–water partition coefficient (Wildman–Crippen LogP) is 3.66. The molecule has 0 radical (unpaired) electrons. The topological polar surface area (TPSA) is 80.0 Å². The first-order chi connectivity index (χ1) is 12.8. The molecule has 0 unspecified atom stereocenters. The third-order valence-electron chi connectivity index (χ3n) is 5.18. The molecule has 2 atom stereocenters. The molecule has 1 amide bonds. The van der Waals surface area contributed by atoms with E-state index in [0.29, 0.717) is 23.6 Å². The quantitative estimate of drug-likeness (QED) is 0.868. The number of likely N-dealkylation sites (tertiary alicyclic amines) is 1. The number of rotatable bonds is 5. The first kappa shape index (κ1) is 19.0. The summed E-state index contributed by atoms with van der Waals surface area (Å²) in [5.41, 5.74) is 1.37. The van der Waals surface area contributed by atoms with E-state index in [9.17, 15) is 14.7 Å². The summed E-state index contributed by atoms with van der Waals surface area (Å²) in [4.78, 5) is 26.5. The molecule has 1 aromatic carbocycles. The molecule has 1 N–H and O–H groups in total. The maximum Gasteiger partial charge on any atom is 0.308 e. The van der Waals surface area contributed by atoms with Gasteiger partial charge in [0.1, 0.15) is 17.3 Å². The third-order valence-corrected chi connectivity index (χ3v) is 5.18. The summed E-state index contributed by atoms with van der Waals surface area (Å²) in [6.45, 7) is 6.30. The zero-order valence-electron chi connectivity index (χ0n) is 16.1. The number of carbonyl (C=O) groups is 2. The highest BCUT2D eigenvalue weighted by molar-refractivity contribution is 5.96. The molecule has 6 nitrogen and oxygen atoms in total. The molecule has 1 aromatic heterocycles. The number of benzene rings is 1. The van der Waals surface area contributed by atoms with Gasteiger partial charge in [-0.05, 0) is 30.7 Å². The summed E-state index contributed by atoms with van der Waals surface area (Å²) in [7, 11) is 1.58. The van der Waals surface area contributed by atoms with Crippen molar-refractivity contribution in [1.29, 1.82) is 0 Å². The number of ether oxygens (including phenoxy) is 1. The number of aliphatic carboxylic acids is 1. The number of carboxylic acid groups (broad SMARTS) is 1. The van der Waals surface area contributed by atoms with Gasteiger partial charge < -0.3 is 19.2 Å². The van der Waals surface area contributed by atoms with E-state index in [2.05, 4.69) is 0 Å². The summed E-state index contributed by atoms with van der Waals surface area (Å²) in [6.07, 6.45) is 0. The average molecular weight is 371 g/mol. The maximum absolute atomic E-state index is 13.0. The van der Waals surface area contributed by atoms with Crippen LogP contribution < -0.4 is 4.74 Å². The van der Waals surface area contributed by atoms with Gasteiger partial charge in [-0.3, -0.25) is 9.59 Å². The molecule has 0 saturated carbocycles. The van der Waals surface area contributed by atoms with E-state index in [1.165, 1.54) is 0 Å². The smallest absolute Gasteiger partial charge is 0.308 e. The van der Waals surface area contributed by atoms with Crippen molar-refractivity contribution in [2.45, 2.75) is 32.6 Å². The minimum absolute atomic E-state index is 0.178. The Labute approximate surface area is 158 Å². The molecule has 6 heteroatoms. The highest BCUT2D eigenvalue weighted by Gasteiger charge is 2.41. The van der Waals surface area contributed by atoms with Crippen LogP contribution in [0.5, 0.6) is 5.75 Å². The summed E-state index contributed by atoms with van der Waals surface area (Å²) in [5, 5.41) is 9.69. The monoisotopic (exact) mass is 371 g/mol. The molecular formula is C21H25NO5. The fourth-order valence-corrected chi connectivity index (χ4v) is 3.60. The molecule has 1 aliphatic rings.